The molecule has 1 atom stereocenters. The minimum Gasteiger partial charge on any atom is -0.369 e. The Bertz CT molecular complexity index is 1070. The number of aryl methyl sites for hydroxylation is 1. The van der Waals surface area contributed by atoms with E-state index in [0.29, 0.717) is 11.9 Å². The van der Waals surface area contributed by atoms with E-state index >= 15 is 0 Å². The van der Waals surface area contributed by atoms with Crippen molar-refractivity contribution in [2.24, 2.45) is 18.4 Å². The zero-order chi connectivity index (χ0) is 19.6. The van der Waals surface area contributed by atoms with Gasteiger partial charge < -0.3 is 9.69 Å². The molecule has 5 rings (SSSR count). The number of hydrogen-bond donors (Lipinski definition) is 1. The third-order valence-corrected chi connectivity index (χ3v) is 6.58. The van der Waals surface area contributed by atoms with Gasteiger partial charge in [-0.15, -0.1) is 0 Å². The predicted octanol–water partition coefficient (Wildman–Crippen LogP) is 0.979. The van der Waals surface area contributed by atoms with Crippen molar-refractivity contribution in [3.8, 4) is 0 Å². The molecule has 8 nitrogen and oxygen atoms in total. The molecule has 2 amide bonds. The molecule has 3 aliphatic rings. The first-order valence-corrected chi connectivity index (χ1v) is 9.66. The second-order valence-corrected chi connectivity index (χ2v) is 8.48. The molecule has 2 saturated heterocycles. The Morgan fingerprint density at radius 2 is 1.96 bits per heavy atom. The number of benzene rings is 1. The molecule has 1 spiro atoms. The molecular formula is C20H24N4O4. The molecule has 2 aromatic rings. The Kier molecular flexibility index (Phi) is 3.56. The Morgan fingerprint density at radius 3 is 2.64 bits per heavy atom. The number of piperidine rings is 1. The summed E-state index contributed by atoms with van der Waals surface area (Å²) in [5.41, 5.74) is 2.47. The van der Waals surface area contributed by atoms with Gasteiger partial charge in [-0.1, -0.05) is 6.07 Å². The Morgan fingerprint density at radius 1 is 1.21 bits per heavy atom. The van der Waals surface area contributed by atoms with Crippen LogP contribution in [0.5, 0.6) is 0 Å². The molecule has 1 saturated carbocycles. The summed E-state index contributed by atoms with van der Waals surface area (Å²) in [7, 11) is 1.72. The maximum Gasteiger partial charge on any atom is 0.329 e. The predicted molar refractivity (Wildman–Crippen MR) is 104 cm³/mol. The lowest BCUT2D eigenvalue weighted by molar-refractivity contribution is -0.135. The van der Waals surface area contributed by atoms with E-state index in [9.17, 15) is 19.2 Å². The number of carbonyl (C=O) groups excluding carboxylic acids is 3. The molecule has 1 unspecified atom stereocenters. The lowest BCUT2D eigenvalue weighted by Crippen LogP contribution is -2.62. The Balaban J connectivity index is 0.00000205. The Labute approximate surface area is 162 Å². The zero-order valence-electron chi connectivity index (χ0n) is 15.7. The number of aldehydes is 1. The van der Waals surface area contributed by atoms with Gasteiger partial charge >= 0.3 is 5.69 Å². The summed E-state index contributed by atoms with van der Waals surface area (Å²) in [6.07, 6.45) is 3.50. The van der Waals surface area contributed by atoms with Crippen molar-refractivity contribution >= 4 is 34.8 Å². The van der Waals surface area contributed by atoms with Gasteiger partial charge in [0.2, 0.25) is 11.8 Å². The number of hydrogen-bond acceptors (Lipinski definition) is 5. The van der Waals surface area contributed by atoms with Gasteiger partial charge in [0.05, 0.1) is 16.7 Å². The fourth-order valence-electron chi connectivity index (χ4n) is 5.24. The fourth-order valence-corrected chi connectivity index (χ4v) is 5.24. The van der Waals surface area contributed by atoms with Gasteiger partial charge in [0.1, 0.15) is 12.3 Å². The van der Waals surface area contributed by atoms with E-state index in [-0.39, 0.29) is 30.8 Å². The highest BCUT2D eigenvalue weighted by molar-refractivity contribution is 6.00. The normalized spacial score (nSPS) is 24.2. The lowest BCUT2D eigenvalue weighted by atomic mass is 9.58. The molecule has 1 N–H and O–H groups in total. The largest absolute Gasteiger partial charge is 0.369 e. The second kappa shape index (κ2) is 5.80. The maximum atomic E-state index is 13.0. The van der Waals surface area contributed by atoms with Crippen molar-refractivity contribution < 1.29 is 15.8 Å². The number of para-hydroxylation sites is 1. The van der Waals surface area contributed by atoms with E-state index in [1.165, 1.54) is 4.57 Å². The summed E-state index contributed by atoms with van der Waals surface area (Å²) >= 11 is 0. The van der Waals surface area contributed by atoms with Crippen molar-refractivity contribution in [3.05, 3.63) is 28.7 Å². The number of carbonyl (C=O) groups is 3. The number of amides is 2. The Hall–Kier alpha value is -2.90. The summed E-state index contributed by atoms with van der Waals surface area (Å²) in [6.45, 7) is 1.77. The fraction of sp³-hybridized carbons (Fsp3) is 0.500. The van der Waals surface area contributed by atoms with Crippen LogP contribution in [0.3, 0.4) is 0 Å². The molecule has 3 heterocycles. The molecule has 3 fully saturated rings. The zero-order valence-corrected chi connectivity index (χ0v) is 15.7. The smallest absolute Gasteiger partial charge is 0.329 e. The molecule has 2 aliphatic heterocycles. The monoisotopic (exact) mass is 384 g/mol. The van der Waals surface area contributed by atoms with Crippen LogP contribution in [0.15, 0.2) is 23.0 Å². The highest BCUT2D eigenvalue weighted by Crippen LogP contribution is 2.52. The number of nitrogens with zero attached hydrogens (tertiary/aromatic N) is 3. The number of imide groups is 1. The maximum absolute atomic E-state index is 13.0. The average Bonchev–Trinajstić information content (AvgIpc) is 2.85. The summed E-state index contributed by atoms with van der Waals surface area (Å²) in [5.74, 6) is -0.528. The van der Waals surface area contributed by atoms with Crippen LogP contribution in [-0.2, 0) is 21.4 Å². The van der Waals surface area contributed by atoms with Crippen molar-refractivity contribution in [3.63, 3.8) is 0 Å². The van der Waals surface area contributed by atoms with Crippen molar-refractivity contribution in [1.82, 2.24) is 14.5 Å². The molecule has 0 radical (unpaired) electrons. The molecule has 148 valence electrons. The van der Waals surface area contributed by atoms with Gasteiger partial charge in [-0.05, 0) is 31.4 Å². The third-order valence-electron chi connectivity index (χ3n) is 6.58. The van der Waals surface area contributed by atoms with Crippen LogP contribution in [0.4, 0.5) is 5.69 Å². The summed E-state index contributed by atoms with van der Waals surface area (Å²) in [4.78, 5) is 50.0. The van der Waals surface area contributed by atoms with E-state index in [1.54, 1.807) is 11.6 Å². The second-order valence-electron chi connectivity index (χ2n) is 8.48. The van der Waals surface area contributed by atoms with E-state index in [4.69, 9.17) is 0 Å². The minimum absolute atomic E-state index is 0. The number of rotatable bonds is 3. The highest BCUT2D eigenvalue weighted by atomic mass is 16.2. The first kappa shape index (κ1) is 17.2. The molecule has 1 aromatic carbocycles. The quantitative estimate of drug-likeness (QED) is 0.629. The third kappa shape index (κ3) is 2.30. The molecule has 28 heavy (non-hydrogen) atoms. The van der Waals surface area contributed by atoms with Crippen LogP contribution in [0.2, 0.25) is 0 Å². The van der Waals surface area contributed by atoms with Gasteiger partial charge in [-0.2, -0.15) is 0 Å². The van der Waals surface area contributed by atoms with Crippen LogP contribution in [-0.4, -0.2) is 40.3 Å². The highest BCUT2D eigenvalue weighted by Gasteiger charge is 2.52. The molecule has 1 aliphatic carbocycles. The van der Waals surface area contributed by atoms with Gasteiger partial charge in [0.25, 0.3) is 0 Å². The summed E-state index contributed by atoms with van der Waals surface area (Å²) in [6, 6.07) is 5.08. The molecule has 0 bridgehead atoms. The van der Waals surface area contributed by atoms with E-state index in [1.807, 2.05) is 18.2 Å². The number of nitrogens with one attached hydrogen (secondary N) is 1. The minimum atomic E-state index is -0.674. The first-order valence-electron chi connectivity index (χ1n) is 9.66. The van der Waals surface area contributed by atoms with Gasteiger partial charge in [-0.3, -0.25) is 24.0 Å². The lowest BCUT2D eigenvalue weighted by Gasteiger charge is -2.59. The van der Waals surface area contributed by atoms with Crippen LogP contribution < -0.4 is 15.9 Å². The van der Waals surface area contributed by atoms with E-state index < -0.39 is 11.9 Å². The van der Waals surface area contributed by atoms with E-state index in [2.05, 4.69) is 10.2 Å². The molecule has 1 aromatic heterocycles. The van der Waals surface area contributed by atoms with Gasteiger partial charge in [0.15, 0.2) is 0 Å². The van der Waals surface area contributed by atoms with Crippen LogP contribution >= 0.6 is 0 Å². The average molecular weight is 384 g/mol. The van der Waals surface area contributed by atoms with Gasteiger partial charge in [-0.25, -0.2) is 4.79 Å². The van der Waals surface area contributed by atoms with Gasteiger partial charge in [0, 0.05) is 39.3 Å². The molecule has 8 heteroatoms. The number of fused-ring (bicyclic) bond motifs is 1. The van der Waals surface area contributed by atoms with Crippen molar-refractivity contribution in [1.29, 1.82) is 0 Å². The van der Waals surface area contributed by atoms with Crippen molar-refractivity contribution in [2.75, 3.05) is 18.0 Å². The number of imidazole rings is 1. The van der Waals surface area contributed by atoms with Crippen LogP contribution in [0, 0.1) is 11.3 Å². The number of anilines is 1. The van der Waals surface area contributed by atoms with E-state index in [0.717, 1.165) is 43.4 Å². The summed E-state index contributed by atoms with van der Waals surface area (Å²) < 4.78 is 3.11. The van der Waals surface area contributed by atoms with Crippen LogP contribution in [0.25, 0.3) is 11.0 Å². The standard InChI is InChI=1S/C20H22N4O4.H2/c1-22-17-13(23-10-20(11-23)7-12(8-20)9-25)3-2-4-14(17)24(19(22)28)15-5-6-16(26)21-18(15)27;/h2-4,9,12,15H,5-8,10-11H2,1H3,(H,21,26,27);1H. The topological polar surface area (TPSA) is 93.4 Å². The summed E-state index contributed by atoms with van der Waals surface area (Å²) in [5, 5.41) is 2.34. The number of aromatic nitrogens is 2. The SMILES string of the molecule is Cn1c(=O)n(C2CCC(=O)NC2=O)c2cccc(N3CC4(CC(C=O)C4)C3)c21.[HH]. The molecular weight excluding hydrogens is 360 g/mol. The van der Waals surface area contributed by atoms with Crippen LogP contribution in [0.1, 0.15) is 33.2 Å². The first-order chi connectivity index (χ1) is 13.4. The van der Waals surface area contributed by atoms with Crippen molar-refractivity contribution in [2.45, 2.75) is 31.7 Å².